The minimum atomic E-state index is -0.173. The molecular formula is C22H20N2O2. The summed E-state index contributed by atoms with van der Waals surface area (Å²) in [6.07, 6.45) is 2.59. The van der Waals surface area contributed by atoms with Crippen LogP contribution in [0.25, 0.3) is 10.9 Å². The molecular weight excluding hydrogens is 324 g/mol. The highest BCUT2D eigenvalue weighted by Crippen LogP contribution is 2.18. The quantitative estimate of drug-likeness (QED) is 0.529. The zero-order chi connectivity index (χ0) is 18.2. The predicted octanol–water partition coefficient (Wildman–Crippen LogP) is 3.71. The fourth-order valence-corrected chi connectivity index (χ4v) is 2.61. The first kappa shape index (κ1) is 17.4. The molecule has 4 heteroatoms. The predicted molar refractivity (Wildman–Crippen MR) is 104 cm³/mol. The van der Waals surface area contributed by atoms with Gasteiger partial charge in [-0.3, -0.25) is 4.79 Å². The summed E-state index contributed by atoms with van der Waals surface area (Å²) >= 11 is 0. The Morgan fingerprint density at radius 3 is 2.81 bits per heavy atom. The van der Waals surface area contributed by atoms with E-state index in [1.807, 2.05) is 60.7 Å². The van der Waals surface area contributed by atoms with Crippen LogP contribution in [-0.4, -0.2) is 24.0 Å². The zero-order valence-electron chi connectivity index (χ0n) is 14.4. The third-order valence-corrected chi connectivity index (χ3v) is 3.87. The van der Waals surface area contributed by atoms with Crippen LogP contribution in [0.2, 0.25) is 0 Å². The molecule has 26 heavy (non-hydrogen) atoms. The molecule has 1 heterocycles. The number of fused-ring (bicyclic) bond motifs is 1. The Bertz CT molecular complexity index is 943. The minimum absolute atomic E-state index is 0.173. The lowest BCUT2D eigenvalue weighted by Crippen LogP contribution is -2.23. The smallest absolute Gasteiger partial charge is 0.268 e. The van der Waals surface area contributed by atoms with E-state index in [1.54, 1.807) is 0 Å². The van der Waals surface area contributed by atoms with E-state index >= 15 is 0 Å². The molecule has 1 amide bonds. The number of H-pyrrole nitrogens is 1. The zero-order valence-corrected chi connectivity index (χ0v) is 14.4. The number of carbonyl (C=O) groups excluding carboxylic acids is 1. The molecule has 2 aromatic carbocycles. The maximum absolute atomic E-state index is 12.1. The highest BCUT2D eigenvalue weighted by molar-refractivity contribution is 5.98. The Morgan fingerprint density at radius 2 is 1.96 bits per heavy atom. The van der Waals surface area contributed by atoms with Gasteiger partial charge in [0.1, 0.15) is 18.1 Å². The maximum Gasteiger partial charge on any atom is 0.268 e. The molecule has 2 N–H and O–H groups in total. The summed E-state index contributed by atoms with van der Waals surface area (Å²) in [7, 11) is 0. The molecule has 0 aliphatic carbocycles. The summed E-state index contributed by atoms with van der Waals surface area (Å²) in [5, 5.41) is 3.79. The van der Waals surface area contributed by atoms with Gasteiger partial charge in [0.2, 0.25) is 0 Å². The van der Waals surface area contributed by atoms with E-state index in [2.05, 4.69) is 28.7 Å². The Balaban J connectivity index is 1.48. The van der Waals surface area contributed by atoms with Gasteiger partial charge in [-0.1, -0.05) is 54.3 Å². The van der Waals surface area contributed by atoms with Crippen molar-refractivity contribution >= 4 is 16.8 Å². The van der Waals surface area contributed by atoms with Crippen LogP contribution >= 0.6 is 0 Å². The van der Waals surface area contributed by atoms with E-state index in [1.165, 1.54) is 0 Å². The van der Waals surface area contributed by atoms with E-state index in [-0.39, 0.29) is 19.1 Å². The first-order chi connectivity index (χ1) is 12.8. The number of para-hydroxylation sites is 2. The first-order valence-corrected chi connectivity index (χ1v) is 8.41. The summed E-state index contributed by atoms with van der Waals surface area (Å²) in [5.74, 6) is 6.45. The molecule has 0 spiro atoms. The molecule has 0 saturated carbocycles. The van der Waals surface area contributed by atoms with Crippen molar-refractivity contribution in [1.29, 1.82) is 0 Å². The second-order valence-corrected chi connectivity index (χ2v) is 5.70. The summed E-state index contributed by atoms with van der Waals surface area (Å²) in [6, 6.07) is 17.4. The summed E-state index contributed by atoms with van der Waals surface area (Å²) in [6.45, 7) is 4.29. The van der Waals surface area contributed by atoms with Gasteiger partial charge in [0.05, 0.1) is 6.54 Å². The SMILES string of the molecule is C=CCc1ccccc1OCC#CCNC(=O)c1cc2ccccc2[nH]1. The van der Waals surface area contributed by atoms with Crippen LogP contribution in [0, 0.1) is 11.8 Å². The lowest BCUT2D eigenvalue weighted by Gasteiger charge is -2.07. The van der Waals surface area contributed by atoms with Crippen LogP contribution in [0.3, 0.4) is 0 Å². The van der Waals surface area contributed by atoms with Gasteiger partial charge < -0.3 is 15.0 Å². The number of ether oxygens (including phenoxy) is 1. The second-order valence-electron chi connectivity index (χ2n) is 5.70. The van der Waals surface area contributed by atoms with Gasteiger partial charge in [-0.15, -0.1) is 6.58 Å². The molecule has 0 unspecified atom stereocenters. The van der Waals surface area contributed by atoms with E-state index in [0.717, 1.165) is 28.6 Å². The molecule has 4 nitrogen and oxygen atoms in total. The third kappa shape index (κ3) is 4.34. The molecule has 0 aliphatic rings. The van der Waals surface area contributed by atoms with Crippen molar-refractivity contribution in [2.45, 2.75) is 6.42 Å². The number of benzene rings is 2. The van der Waals surface area contributed by atoms with Crippen LogP contribution in [0.15, 0.2) is 67.3 Å². The molecule has 0 saturated heterocycles. The van der Waals surface area contributed by atoms with Crippen molar-refractivity contribution in [2.75, 3.05) is 13.2 Å². The van der Waals surface area contributed by atoms with Gasteiger partial charge in [0.15, 0.2) is 0 Å². The van der Waals surface area contributed by atoms with E-state index in [0.29, 0.717) is 5.69 Å². The van der Waals surface area contributed by atoms with E-state index in [4.69, 9.17) is 4.74 Å². The number of rotatable bonds is 6. The third-order valence-electron chi connectivity index (χ3n) is 3.87. The topological polar surface area (TPSA) is 54.1 Å². The Morgan fingerprint density at radius 1 is 1.15 bits per heavy atom. The lowest BCUT2D eigenvalue weighted by molar-refractivity contribution is 0.0954. The van der Waals surface area contributed by atoms with Crippen molar-refractivity contribution in [2.24, 2.45) is 0 Å². The van der Waals surface area contributed by atoms with Crippen LogP contribution in [-0.2, 0) is 6.42 Å². The number of carbonyl (C=O) groups is 1. The average Bonchev–Trinajstić information content (AvgIpc) is 3.10. The first-order valence-electron chi connectivity index (χ1n) is 8.41. The van der Waals surface area contributed by atoms with Crippen LogP contribution in [0.1, 0.15) is 16.1 Å². The number of hydrogen-bond donors (Lipinski definition) is 2. The summed E-state index contributed by atoms with van der Waals surface area (Å²) < 4.78 is 5.68. The van der Waals surface area contributed by atoms with Gasteiger partial charge in [0.25, 0.3) is 5.91 Å². The molecule has 0 fully saturated rings. The number of allylic oxidation sites excluding steroid dienone is 1. The highest BCUT2D eigenvalue weighted by atomic mass is 16.5. The molecule has 0 atom stereocenters. The fraction of sp³-hybridized carbons (Fsp3) is 0.136. The lowest BCUT2D eigenvalue weighted by atomic mass is 10.1. The van der Waals surface area contributed by atoms with Crippen LogP contribution < -0.4 is 10.1 Å². The number of hydrogen-bond acceptors (Lipinski definition) is 2. The number of aromatic nitrogens is 1. The van der Waals surface area contributed by atoms with Gasteiger partial charge >= 0.3 is 0 Å². The molecule has 0 aliphatic heterocycles. The minimum Gasteiger partial charge on any atom is -0.481 e. The molecule has 3 aromatic rings. The van der Waals surface area contributed by atoms with Crippen molar-refractivity contribution < 1.29 is 9.53 Å². The Kier molecular flexibility index (Phi) is 5.74. The Hall–Kier alpha value is -3.45. The van der Waals surface area contributed by atoms with Crippen molar-refractivity contribution in [3.05, 3.63) is 78.5 Å². The molecule has 1 aromatic heterocycles. The van der Waals surface area contributed by atoms with Gasteiger partial charge in [-0.05, 0) is 30.2 Å². The van der Waals surface area contributed by atoms with Gasteiger partial charge in [-0.2, -0.15) is 0 Å². The fourth-order valence-electron chi connectivity index (χ4n) is 2.61. The molecule has 130 valence electrons. The highest BCUT2D eigenvalue weighted by Gasteiger charge is 2.07. The number of aromatic amines is 1. The van der Waals surface area contributed by atoms with E-state index < -0.39 is 0 Å². The van der Waals surface area contributed by atoms with E-state index in [9.17, 15) is 4.79 Å². The second kappa shape index (κ2) is 8.59. The number of nitrogens with one attached hydrogen (secondary N) is 2. The molecule has 0 radical (unpaired) electrons. The van der Waals surface area contributed by atoms with Crippen molar-refractivity contribution in [1.82, 2.24) is 10.3 Å². The molecule has 3 rings (SSSR count). The average molecular weight is 344 g/mol. The normalized spacial score (nSPS) is 10.0. The van der Waals surface area contributed by atoms with Crippen molar-refractivity contribution in [3.63, 3.8) is 0 Å². The Labute approximate surface area is 152 Å². The van der Waals surface area contributed by atoms with Crippen molar-refractivity contribution in [3.8, 4) is 17.6 Å². The van der Waals surface area contributed by atoms with Crippen LogP contribution in [0.4, 0.5) is 0 Å². The summed E-state index contributed by atoms with van der Waals surface area (Å²) in [4.78, 5) is 15.2. The van der Waals surface area contributed by atoms with Crippen LogP contribution in [0.5, 0.6) is 5.75 Å². The number of amides is 1. The van der Waals surface area contributed by atoms with Gasteiger partial charge in [-0.25, -0.2) is 0 Å². The maximum atomic E-state index is 12.1. The van der Waals surface area contributed by atoms with Gasteiger partial charge in [0, 0.05) is 10.9 Å². The molecule has 0 bridgehead atoms. The largest absolute Gasteiger partial charge is 0.481 e. The standard InChI is InChI=1S/C22H20N2O2/c1-2-9-17-10-4-6-13-21(17)26-15-8-7-14-23-22(25)20-16-18-11-3-5-12-19(18)24-20/h2-6,10-13,16,24H,1,9,14-15H2,(H,23,25). The monoisotopic (exact) mass is 344 g/mol. The summed E-state index contributed by atoms with van der Waals surface area (Å²) in [5.41, 5.74) is 2.55.